The van der Waals surface area contributed by atoms with Crippen LogP contribution in [0, 0.1) is 20.2 Å². The highest BCUT2D eigenvalue weighted by Crippen LogP contribution is 2.40. The van der Waals surface area contributed by atoms with E-state index in [1.807, 2.05) is 13.8 Å². The van der Waals surface area contributed by atoms with Gasteiger partial charge in [0, 0.05) is 12.1 Å². The van der Waals surface area contributed by atoms with E-state index in [1.165, 1.54) is 19.1 Å². The van der Waals surface area contributed by atoms with Gasteiger partial charge in [-0.25, -0.2) is 4.79 Å². The largest absolute Gasteiger partial charge is 0.478 e. The van der Waals surface area contributed by atoms with E-state index in [0.717, 1.165) is 38.2 Å². The third-order valence-corrected chi connectivity index (χ3v) is 4.32. The van der Waals surface area contributed by atoms with E-state index in [4.69, 9.17) is 0 Å². The van der Waals surface area contributed by atoms with Gasteiger partial charge in [0.1, 0.15) is 5.56 Å². The van der Waals surface area contributed by atoms with E-state index in [0.29, 0.717) is 5.56 Å². The lowest BCUT2D eigenvalue weighted by molar-refractivity contribution is -0.394. The van der Waals surface area contributed by atoms with Gasteiger partial charge in [-0.05, 0) is 31.2 Å². The molecule has 0 amide bonds. The number of nitro benzene ring substituents is 2. The molecule has 0 aliphatic rings. The van der Waals surface area contributed by atoms with Gasteiger partial charge in [0.15, 0.2) is 0 Å². The van der Waals surface area contributed by atoms with E-state index in [1.54, 1.807) is 0 Å². The van der Waals surface area contributed by atoms with Crippen LogP contribution in [0.15, 0.2) is 18.2 Å². The summed E-state index contributed by atoms with van der Waals surface area (Å²) in [4.78, 5) is 33.0. The number of hydrogen-bond donors (Lipinski definition) is 1. The normalized spacial score (nSPS) is 12.7. The predicted molar refractivity (Wildman–Crippen MR) is 98.2 cm³/mol. The van der Waals surface area contributed by atoms with Gasteiger partial charge < -0.3 is 5.11 Å². The van der Waals surface area contributed by atoms with Crippen LogP contribution in [0.5, 0.6) is 0 Å². The van der Waals surface area contributed by atoms with Crippen LogP contribution in [-0.4, -0.2) is 20.9 Å². The van der Waals surface area contributed by atoms with Gasteiger partial charge in [-0.3, -0.25) is 20.2 Å². The van der Waals surface area contributed by atoms with Gasteiger partial charge in [-0.15, -0.1) is 0 Å². The number of aliphatic carboxylic acids is 1. The molecule has 0 aliphatic heterocycles. The molecule has 0 radical (unpaired) electrons. The number of unbranched alkanes of at least 4 members (excludes halogenated alkanes) is 1. The Labute approximate surface area is 151 Å². The van der Waals surface area contributed by atoms with Crippen molar-refractivity contribution in [2.24, 2.45) is 0 Å². The minimum atomic E-state index is -1.44. The second-order valence-corrected chi connectivity index (χ2v) is 6.08. The number of carboxylic acids is 1. The van der Waals surface area contributed by atoms with Gasteiger partial charge in [-0.1, -0.05) is 39.2 Å². The molecule has 1 N–H and O–H groups in total. The molecule has 1 aromatic carbocycles. The quantitative estimate of drug-likeness (QED) is 0.351. The Bertz CT molecular complexity index is 691. The Balaban J connectivity index is 3.71. The molecule has 0 bridgehead atoms. The lowest BCUT2D eigenvalue weighted by atomic mass is 9.87. The molecular formula is C18H24N2O6. The number of hydrogen-bond acceptors (Lipinski definition) is 5. The maximum absolute atomic E-state index is 11.5. The average Bonchev–Trinajstić information content (AvgIpc) is 2.58. The van der Waals surface area contributed by atoms with Crippen molar-refractivity contribution in [3.8, 4) is 0 Å². The summed E-state index contributed by atoms with van der Waals surface area (Å²) in [5.41, 5.74) is -1.46. The molecule has 1 atom stereocenters. The number of nitro groups is 2. The summed E-state index contributed by atoms with van der Waals surface area (Å²) in [7, 11) is 0. The van der Waals surface area contributed by atoms with E-state index in [9.17, 15) is 30.1 Å². The maximum atomic E-state index is 11.5. The van der Waals surface area contributed by atoms with Crippen molar-refractivity contribution in [1.29, 1.82) is 0 Å². The predicted octanol–water partition coefficient (Wildman–Crippen LogP) is 5.06. The Morgan fingerprint density at radius 3 is 2.00 bits per heavy atom. The van der Waals surface area contributed by atoms with Crippen molar-refractivity contribution in [2.45, 2.75) is 58.8 Å². The van der Waals surface area contributed by atoms with E-state index in [2.05, 4.69) is 0 Å². The third-order valence-electron chi connectivity index (χ3n) is 4.32. The van der Waals surface area contributed by atoms with Crippen molar-refractivity contribution in [3.05, 3.63) is 49.6 Å². The molecule has 0 saturated carbocycles. The second-order valence-electron chi connectivity index (χ2n) is 6.08. The summed E-state index contributed by atoms with van der Waals surface area (Å²) < 4.78 is 0. The number of nitrogens with zero attached hydrogens (tertiary/aromatic N) is 2. The fourth-order valence-corrected chi connectivity index (χ4v) is 3.08. The first-order valence-electron chi connectivity index (χ1n) is 8.65. The summed E-state index contributed by atoms with van der Waals surface area (Å²) in [5.74, 6) is -1.48. The van der Waals surface area contributed by atoms with Crippen molar-refractivity contribution >= 4 is 22.9 Å². The fraction of sp³-hybridized carbons (Fsp3) is 0.500. The minimum absolute atomic E-state index is 0.0368. The smallest absolute Gasteiger partial charge is 0.336 e. The maximum Gasteiger partial charge on any atom is 0.336 e. The molecule has 0 heterocycles. The highest BCUT2D eigenvalue weighted by molar-refractivity contribution is 6.18. The average molecular weight is 364 g/mol. The van der Waals surface area contributed by atoms with Gasteiger partial charge in [-0.2, -0.15) is 0 Å². The van der Waals surface area contributed by atoms with E-state index < -0.39 is 38.3 Å². The van der Waals surface area contributed by atoms with Gasteiger partial charge in [0.25, 0.3) is 11.4 Å². The third kappa shape index (κ3) is 4.87. The first kappa shape index (κ1) is 21.3. The summed E-state index contributed by atoms with van der Waals surface area (Å²) in [6.07, 6.45) is 5.36. The molecule has 8 nitrogen and oxygen atoms in total. The molecule has 0 aliphatic carbocycles. The second kappa shape index (κ2) is 9.65. The van der Waals surface area contributed by atoms with Crippen LogP contribution < -0.4 is 0 Å². The molecule has 8 heteroatoms. The van der Waals surface area contributed by atoms with Crippen molar-refractivity contribution in [1.82, 2.24) is 0 Å². The van der Waals surface area contributed by atoms with Gasteiger partial charge in [0.2, 0.25) is 0 Å². The van der Waals surface area contributed by atoms with Crippen LogP contribution in [-0.2, 0) is 4.79 Å². The van der Waals surface area contributed by atoms with Crippen LogP contribution in [0.3, 0.4) is 0 Å². The monoisotopic (exact) mass is 364 g/mol. The SMILES string of the molecule is CC=C(C(=O)O)c1c([N+](=O)[O-])cc(C(CCC)CCCC)cc1[N+](=O)[O-]. The number of carboxylic acid groups (broad SMARTS) is 1. The minimum Gasteiger partial charge on any atom is -0.478 e. The molecular weight excluding hydrogens is 340 g/mol. The van der Waals surface area contributed by atoms with E-state index >= 15 is 0 Å². The zero-order valence-electron chi connectivity index (χ0n) is 15.2. The highest BCUT2D eigenvalue weighted by atomic mass is 16.6. The Morgan fingerprint density at radius 2 is 1.65 bits per heavy atom. The molecule has 1 unspecified atom stereocenters. The van der Waals surface area contributed by atoms with Crippen LogP contribution in [0.1, 0.15) is 69.9 Å². The molecule has 0 aromatic heterocycles. The lowest BCUT2D eigenvalue weighted by Gasteiger charge is -2.17. The molecule has 142 valence electrons. The molecule has 1 aromatic rings. The molecule has 0 saturated heterocycles. The lowest BCUT2D eigenvalue weighted by Crippen LogP contribution is -2.09. The first-order valence-corrected chi connectivity index (χ1v) is 8.65. The van der Waals surface area contributed by atoms with Crippen molar-refractivity contribution in [2.75, 3.05) is 0 Å². The summed E-state index contributed by atoms with van der Waals surface area (Å²) in [6.45, 7) is 5.40. The summed E-state index contributed by atoms with van der Waals surface area (Å²) in [5, 5.41) is 32.4. The zero-order valence-corrected chi connectivity index (χ0v) is 15.2. The van der Waals surface area contributed by atoms with Crippen LogP contribution in [0.4, 0.5) is 11.4 Å². The summed E-state index contributed by atoms with van der Waals surface area (Å²) in [6, 6.07) is 2.59. The number of benzene rings is 1. The zero-order chi connectivity index (χ0) is 19.9. The summed E-state index contributed by atoms with van der Waals surface area (Å²) >= 11 is 0. The van der Waals surface area contributed by atoms with E-state index in [-0.39, 0.29) is 5.92 Å². The number of allylic oxidation sites excluding steroid dienone is 1. The molecule has 0 spiro atoms. The Hall–Kier alpha value is -2.77. The number of carbonyl (C=O) groups is 1. The Morgan fingerprint density at radius 1 is 1.12 bits per heavy atom. The molecule has 26 heavy (non-hydrogen) atoms. The van der Waals surface area contributed by atoms with Gasteiger partial charge >= 0.3 is 5.97 Å². The van der Waals surface area contributed by atoms with Crippen LogP contribution in [0.2, 0.25) is 0 Å². The molecule has 0 fully saturated rings. The van der Waals surface area contributed by atoms with Crippen molar-refractivity contribution < 1.29 is 19.7 Å². The van der Waals surface area contributed by atoms with Crippen molar-refractivity contribution in [3.63, 3.8) is 0 Å². The van der Waals surface area contributed by atoms with Gasteiger partial charge in [0.05, 0.1) is 15.4 Å². The first-order chi connectivity index (χ1) is 12.3. The standard InChI is InChI=1S/C18H24N2O6/c1-4-7-9-12(8-5-2)13-10-15(19(23)24)17(14(6-3)18(21)22)16(11-13)20(25)26/h6,10-12H,4-5,7-9H2,1-3H3,(H,21,22). The topological polar surface area (TPSA) is 124 Å². The Kier molecular flexibility index (Phi) is 7.89. The molecule has 1 rings (SSSR count). The van der Waals surface area contributed by atoms with Crippen LogP contribution >= 0.6 is 0 Å². The fourth-order valence-electron chi connectivity index (χ4n) is 3.08. The number of rotatable bonds is 10. The highest BCUT2D eigenvalue weighted by Gasteiger charge is 2.33. The van der Waals surface area contributed by atoms with Crippen LogP contribution in [0.25, 0.3) is 5.57 Å².